The average molecular weight is 272 g/mol. The highest BCUT2D eigenvalue weighted by Crippen LogP contribution is 2.13. The molecule has 0 N–H and O–H groups in total. The Labute approximate surface area is 122 Å². The summed E-state index contributed by atoms with van der Waals surface area (Å²) in [6.45, 7) is 2.72. The zero-order valence-corrected chi connectivity index (χ0v) is 12.9. The van der Waals surface area contributed by atoms with E-state index in [9.17, 15) is 0 Å². The van der Waals surface area contributed by atoms with Crippen molar-refractivity contribution in [2.45, 2.75) is 13.1 Å². The van der Waals surface area contributed by atoms with Gasteiger partial charge < -0.3 is 8.97 Å². The van der Waals surface area contributed by atoms with Crippen LogP contribution in [0.25, 0.3) is 0 Å². The largest absolute Gasteiger partial charge is 0.313 e. The highest BCUT2D eigenvalue weighted by Gasteiger charge is 2.17. The molecule has 0 radical (unpaired) electrons. The minimum absolute atomic E-state index is 0.508. The Morgan fingerprint density at radius 1 is 0.750 bits per heavy atom. The number of hydrogen-bond acceptors (Lipinski definition) is 2. The zero-order valence-electron chi connectivity index (χ0n) is 12.9. The van der Waals surface area contributed by atoms with Gasteiger partial charge in [-0.1, -0.05) is 24.3 Å². The van der Waals surface area contributed by atoms with Gasteiger partial charge >= 0.3 is 0 Å². The van der Waals surface area contributed by atoms with Gasteiger partial charge in [0.05, 0.1) is 28.2 Å². The number of benzene rings is 1. The van der Waals surface area contributed by atoms with Gasteiger partial charge in [0.15, 0.2) is 13.1 Å². The summed E-state index contributed by atoms with van der Waals surface area (Å²) in [5, 5.41) is 17.6. The van der Waals surface area contributed by atoms with Crippen LogP contribution in [0.5, 0.6) is 0 Å². The van der Waals surface area contributed by atoms with Gasteiger partial charge in [0.25, 0.3) is 0 Å². The zero-order chi connectivity index (χ0) is 15.2. The van der Waals surface area contributed by atoms with Gasteiger partial charge in [-0.05, 0) is 0 Å². The lowest BCUT2D eigenvalue weighted by Crippen LogP contribution is -2.39. The highest BCUT2D eigenvalue weighted by atomic mass is 15.3. The minimum atomic E-state index is 0.508. The maximum absolute atomic E-state index is 8.81. The molecule has 0 bridgehead atoms. The van der Waals surface area contributed by atoms with Crippen LogP contribution < -0.4 is 0 Å². The Bertz CT molecular complexity index is 466. The predicted molar refractivity (Wildman–Crippen MR) is 79.0 cm³/mol. The fourth-order valence-corrected chi connectivity index (χ4v) is 2.23. The minimum Gasteiger partial charge on any atom is -0.313 e. The summed E-state index contributed by atoms with van der Waals surface area (Å²) in [5.74, 6) is 0. The van der Waals surface area contributed by atoms with E-state index in [4.69, 9.17) is 10.5 Å². The summed E-state index contributed by atoms with van der Waals surface area (Å²) in [6, 6.07) is 12.9. The number of nitriles is 2. The summed E-state index contributed by atoms with van der Waals surface area (Å²) in [6.07, 6.45) is 0. The first-order valence-electron chi connectivity index (χ1n) is 6.74. The molecule has 106 valence electrons. The van der Waals surface area contributed by atoms with Crippen LogP contribution in [0.1, 0.15) is 11.1 Å². The molecule has 0 aliphatic heterocycles. The Kier molecular flexibility index (Phi) is 5.27. The fourth-order valence-electron chi connectivity index (χ4n) is 2.23. The SMILES string of the molecule is C[N+](C)(CC#N)Cc1ccc(C[N+](C)(C)CC#N)cc1. The van der Waals surface area contributed by atoms with E-state index in [1.807, 2.05) is 0 Å². The molecule has 0 saturated carbocycles. The number of nitrogens with zero attached hydrogens (tertiary/aromatic N) is 4. The van der Waals surface area contributed by atoms with Crippen LogP contribution >= 0.6 is 0 Å². The van der Waals surface area contributed by atoms with Crippen LogP contribution in [0.4, 0.5) is 0 Å². The van der Waals surface area contributed by atoms with Gasteiger partial charge in [0, 0.05) is 11.1 Å². The van der Waals surface area contributed by atoms with Gasteiger partial charge in [0.2, 0.25) is 0 Å². The summed E-state index contributed by atoms with van der Waals surface area (Å²) < 4.78 is 1.34. The third-order valence-electron chi connectivity index (χ3n) is 3.24. The molecule has 0 saturated heterocycles. The van der Waals surface area contributed by atoms with E-state index in [0.717, 1.165) is 13.1 Å². The van der Waals surface area contributed by atoms with Gasteiger partial charge in [-0.3, -0.25) is 0 Å². The van der Waals surface area contributed by atoms with Crippen molar-refractivity contribution >= 4 is 0 Å². The summed E-state index contributed by atoms with van der Waals surface area (Å²) >= 11 is 0. The van der Waals surface area contributed by atoms with Crippen LogP contribution in [0.2, 0.25) is 0 Å². The molecule has 1 rings (SSSR count). The monoisotopic (exact) mass is 272 g/mol. The summed E-state index contributed by atoms with van der Waals surface area (Å²) in [5.41, 5.74) is 2.47. The lowest BCUT2D eigenvalue weighted by molar-refractivity contribution is -0.897. The molecule has 0 unspecified atom stereocenters. The van der Waals surface area contributed by atoms with Crippen molar-refractivity contribution in [3.8, 4) is 12.1 Å². The molecule has 0 heterocycles. The molecule has 0 fully saturated rings. The topological polar surface area (TPSA) is 47.6 Å². The standard InChI is InChI=1S/C16H24N4/c1-19(2,11-9-17)13-15-5-7-16(8-6-15)14-20(3,4)12-10-18/h5-8H,11-14H2,1-4H3/q+2. The molecule has 1 aromatic carbocycles. The van der Waals surface area contributed by atoms with Crippen molar-refractivity contribution in [1.29, 1.82) is 10.5 Å². The average Bonchev–Trinajstić information content (AvgIpc) is 2.30. The molecule has 0 spiro atoms. The molecule has 4 heteroatoms. The second kappa shape index (κ2) is 6.52. The molecule has 4 nitrogen and oxygen atoms in total. The molecule has 0 aliphatic carbocycles. The first kappa shape index (κ1) is 16.2. The van der Waals surface area contributed by atoms with E-state index in [-0.39, 0.29) is 0 Å². The number of hydrogen-bond donors (Lipinski definition) is 0. The van der Waals surface area contributed by atoms with Crippen LogP contribution in [0.15, 0.2) is 24.3 Å². The molecule has 20 heavy (non-hydrogen) atoms. The van der Waals surface area contributed by atoms with E-state index >= 15 is 0 Å². The van der Waals surface area contributed by atoms with Gasteiger partial charge in [-0.15, -0.1) is 0 Å². The van der Waals surface area contributed by atoms with E-state index in [2.05, 4.69) is 64.6 Å². The second-order valence-corrected chi connectivity index (χ2v) is 6.64. The lowest BCUT2D eigenvalue weighted by atomic mass is 10.1. The fraction of sp³-hybridized carbons (Fsp3) is 0.500. The highest BCUT2D eigenvalue weighted by molar-refractivity contribution is 5.21. The van der Waals surface area contributed by atoms with Gasteiger partial charge in [-0.2, -0.15) is 10.5 Å². The van der Waals surface area contributed by atoms with E-state index in [0.29, 0.717) is 22.1 Å². The second-order valence-electron chi connectivity index (χ2n) is 6.64. The lowest BCUT2D eigenvalue weighted by Gasteiger charge is -2.28. The molecular formula is C16H24N4+2. The van der Waals surface area contributed by atoms with Gasteiger partial charge in [0.1, 0.15) is 25.2 Å². The van der Waals surface area contributed by atoms with Crippen LogP contribution in [0.3, 0.4) is 0 Å². The number of rotatable bonds is 6. The van der Waals surface area contributed by atoms with E-state index in [1.165, 1.54) is 11.1 Å². The quantitative estimate of drug-likeness (QED) is 0.586. The molecule has 0 atom stereocenters. The van der Waals surface area contributed by atoms with E-state index < -0.39 is 0 Å². The van der Waals surface area contributed by atoms with Crippen LogP contribution in [-0.4, -0.2) is 50.2 Å². The van der Waals surface area contributed by atoms with Crippen molar-refractivity contribution in [3.05, 3.63) is 35.4 Å². The Balaban J connectivity index is 2.71. The number of quaternary nitrogens is 2. The Morgan fingerprint density at radius 3 is 1.30 bits per heavy atom. The van der Waals surface area contributed by atoms with E-state index in [1.54, 1.807) is 0 Å². The van der Waals surface area contributed by atoms with Crippen LogP contribution in [-0.2, 0) is 13.1 Å². The van der Waals surface area contributed by atoms with Crippen molar-refractivity contribution in [1.82, 2.24) is 0 Å². The molecule has 1 aromatic rings. The molecule has 0 amide bonds. The summed E-state index contributed by atoms with van der Waals surface area (Å²) in [4.78, 5) is 0. The molecule has 0 aromatic heterocycles. The van der Waals surface area contributed by atoms with Crippen molar-refractivity contribution in [3.63, 3.8) is 0 Å². The smallest absolute Gasteiger partial charge is 0.166 e. The normalized spacial score (nSPS) is 11.7. The molecule has 0 aliphatic rings. The Hall–Kier alpha value is -1.88. The van der Waals surface area contributed by atoms with Crippen molar-refractivity contribution in [2.24, 2.45) is 0 Å². The van der Waals surface area contributed by atoms with Crippen molar-refractivity contribution < 1.29 is 8.97 Å². The van der Waals surface area contributed by atoms with Gasteiger partial charge in [-0.25, -0.2) is 0 Å². The third kappa shape index (κ3) is 5.40. The predicted octanol–water partition coefficient (Wildman–Crippen LogP) is 1.89. The first-order chi connectivity index (χ1) is 9.28. The van der Waals surface area contributed by atoms with Crippen LogP contribution in [0, 0.1) is 22.7 Å². The summed E-state index contributed by atoms with van der Waals surface area (Å²) in [7, 11) is 8.24. The third-order valence-corrected chi connectivity index (χ3v) is 3.24. The maximum atomic E-state index is 8.81. The first-order valence-corrected chi connectivity index (χ1v) is 6.74. The Morgan fingerprint density at radius 2 is 1.05 bits per heavy atom. The molecular weight excluding hydrogens is 248 g/mol. The van der Waals surface area contributed by atoms with Crippen molar-refractivity contribution in [2.75, 3.05) is 41.3 Å². The maximum Gasteiger partial charge on any atom is 0.166 e.